The molecule has 0 unspecified atom stereocenters. The zero-order valence-corrected chi connectivity index (χ0v) is 14.3. The predicted octanol–water partition coefficient (Wildman–Crippen LogP) is -0.339. The van der Waals surface area contributed by atoms with E-state index in [1.807, 2.05) is 30.3 Å². The molecule has 26 heavy (non-hydrogen) atoms. The predicted molar refractivity (Wildman–Crippen MR) is 99.5 cm³/mol. The minimum Gasteiger partial charge on any atom is -0.480 e. The lowest BCUT2D eigenvalue weighted by Crippen LogP contribution is -2.49. The van der Waals surface area contributed by atoms with E-state index in [9.17, 15) is 14.7 Å². The van der Waals surface area contributed by atoms with Crippen LogP contribution in [-0.4, -0.2) is 46.6 Å². The van der Waals surface area contributed by atoms with Gasteiger partial charge in [0, 0.05) is 24.2 Å². The van der Waals surface area contributed by atoms with E-state index in [-0.39, 0.29) is 12.4 Å². The lowest BCUT2D eigenvalue weighted by molar-refractivity contribution is -0.142. The summed E-state index contributed by atoms with van der Waals surface area (Å²) in [4.78, 5) is 30.6. The van der Waals surface area contributed by atoms with Crippen molar-refractivity contribution in [2.75, 3.05) is 6.54 Å². The quantitative estimate of drug-likeness (QED) is 0.203. The van der Waals surface area contributed by atoms with Crippen molar-refractivity contribution in [3.8, 4) is 0 Å². The number of hydrogen-bond donors (Lipinski definition) is 6. The summed E-state index contributed by atoms with van der Waals surface area (Å²) in [6, 6.07) is 7.59. The van der Waals surface area contributed by atoms with Gasteiger partial charge in [-0.15, -0.1) is 0 Å². The zero-order chi connectivity index (χ0) is 19.1. The van der Waals surface area contributed by atoms with Crippen LogP contribution in [0, 0.1) is 0 Å². The molecule has 0 aliphatic heterocycles. The van der Waals surface area contributed by atoms with Gasteiger partial charge in [-0.3, -0.25) is 9.79 Å². The number of aromatic amines is 1. The monoisotopic (exact) mass is 360 g/mol. The van der Waals surface area contributed by atoms with Gasteiger partial charge < -0.3 is 32.6 Å². The van der Waals surface area contributed by atoms with Crippen molar-refractivity contribution in [1.29, 1.82) is 0 Å². The summed E-state index contributed by atoms with van der Waals surface area (Å²) >= 11 is 0. The Labute approximate surface area is 150 Å². The lowest BCUT2D eigenvalue weighted by Gasteiger charge is -2.17. The van der Waals surface area contributed by atoms with Gasteiger partial charge in [-0.1, -0.05) is 18.2 Å². The number of nitrogens with one attached hydrogen (secondary N) is 2. The smallest absolute Gasteiger partial charge is 0.326 e. The molecule has 0 spiro atoms. The number of aliphatic carboxylic acids is 1. The van der Waals surface area contributed by atoms with Crippen LogP contribution in [0.3, 0.4) is 0 Å². The molecule has 2 aromatic rings. The molecular weight excluding hydrogens is 336 g/mol. The van der Waals surface area contributed by atoms with Gasteiger partial charge in [0.1, 0.15) is 6.04 Å². The van der Waals surface area contributed by atoms with Crippen molar-refractivity contribution >= 4 is 28.7 Å². The molecular formula is C17H24N6O3. The maximum atomic E-state index is 12.2. The number of aromatic nitrogens is 1. The highest BCUT2D eigenvalue weighted by molar-refractivity contribution is 5.87. The van der Waals surface area contributed by atoms with Gasteiger partial charge in [0.2, 0.25) is 5.91 Å². The minimum atomic E-state index is -1.12. The maximum absolute atomic E-state index is 12.2. The number of hydrogen-bond acceptors (Lipinski definition) is 4. The Morgan fingerprint density at radius 1 is 1.27 bits per heavy atom. The third-order valence-corrected chi connectivity index (χ3v) is 3.93. The highest BCUT2D eigenvalue weighted by atomic mass is 16.4. The second-order valence-electron chi connectivity index (χ2n) is 6.04. The number of aliphatic imine (C=N–C) groups is 1. The average molecular weight is 360 g/mol. The summed E-state index contributed by atoms with van der Waals surface area (Å²) in [5.41, 5.74) is 17.9. The second-order valence-corrected chi connectivity index (χ2v) is 6.04. The maximum Gasteiger partial charge on any atom is 0.326 e. The number of carbonyl (C=O) groups excluding carboxylic acids is 1. The molecule has 0 fully saturated rings. The first-order valence-corrected chi connectivity index (χ1v) is 8.27. The van der Waals surface area contributed by atoms with Crippen LogP contribution in [0.25, 0.3) is 10.9 Å². The van der Waals surface area contributed by atoms with Crippen molar-refractivity contribution in [3.05, 3.63) is 36.0 Å². The molecule has 1 amide bonds. The molecule has 0 saturated carbocycles. The van der Waals surface area contributed by atoms with E-state index in [0.717, 1.165) is 16.6 Å². The molecule has 1 aromatic carbocycles. The summed E-state index contributed by atoms with van der Waals surface area (Å²) in [5, 5.41) is 12.9. The van der Waals surface area contributed by atoms with Gasteiger partial charge in [0.25, 0.3) is 0 Å². The minimum absolute atomic E-state index is 0.0210. The molecule has 1 aromatic heterocycles. The number of nitrogens with zero attached hydrogens (tertiary/aromatic N) is 1. The topological polar surface area (TPSA) is 173 Å². The second kappa shape index (κ2) is 8.86. The van der Waals surface area contributed by atoms with E-state index in [1.54, 1.807) is 0 Å². The summed E-state index contributed by atoms with van der Waals surface area (Å²) < 4.78 is 0. The van der Waals surface area contributed by atoms with Crippen LogP contribution in [-0.2, 0) is 16.0 Å². The van der Waals surface area contributed by atoms with Gasteiger partial charge in [-0.2, -0.15) is 0 Å². The van der Waals surface area contributed by atoms with Crippen molar-refractivity contribution < 1.29 is 14.7 Å². The van der Waals surface area contributed by atoms with Crippen LogP contribution in [0.15, 0.2) is 35.3 Å². The lowest BCUT2D eigenvalue weighted by atomic mass is 10.1. The Morgan fingerprint density at radius 3 is 2.65 bits per heavy atom. The standard InChI is InChI=1S/C17H24N6O3/c18-12(5-3-7-21-17(19)20)15(24)23-14(16(25)26)9-11-8-10-4-1-2-6-13(10)22-11/h1-2,4,6,8,12,14,22H,3,5,7,9,18H2,(H,23,24)(H,25,26)(H4,19,20,21)/t12-,14-/m1/s1. The number of carboxylic acid groups (broad SMARTS) is 1. The third kappa shape index (κ3) is 5.49. The van der Waals surface area contributed by atoms with Gasteiger partial charge in [0.15, 0.2) is 5.96 Å². The van der Waals surface area contributed by atoms with Gasteiger partial charge in [0.05, 0.1) is 6.04 Å². The molecule has 2 rings (SSSR count). The fourth-order valence-corrected chi connectivity index (χ4v) is 2.59. The summed E-state index contributed by atoms with van der Waals surface area (Å²) in [7, 11) is 0. The Kier molecular flexibility index (Phi) is 6.56. The van der Waals surface area contributed by atoms with E-state index >= 15 is 0 Å². The molecule has 0 radical (unpaired) electrons. The van der Waals surface area contributed by atoms with Crippen LogP contribution in [0.4, 0.5) is 0 Å². The van der Waals surface area contributed by atoms with Crippen LogP contribution in [0.1, 0.15) is 18.5 Å². The molecule has 2 atom stereocenters. The number of para-hydroxylation sites is 1. The molecule has 9 N–H and O–H groups in total. The number of rotatable bonds is 9. The number of nitrogens with two attached hydrogens (primary N) is 3. The Morgan fingerprint density at radius 2 is 2.00 bits per heavy atom. The van der Waals surface area contributed by atoms with Crippen LogP contribution < -0.4 is 22.5 Å². The first-order valence-electron chi connectivity index (χ1n) is 8.27. The van der Waals surface area contributed by atoms with Crippen molar-refractivity contribution in [3.63, 3.8) is 0 Å². The zero-order valence-electron chi connectivity index (χ0n) is 14.3. The molecule has 0 aliphatic carbocycles. The molecule has 9 nitrogen and oxygen atoms in total. The number of fused-ring (bicyclic) bond motifs is 1. The first-order chi connectivity index (χ1) is 12.4. The highest BCUT2D eigenvalue weighted by Gasteiger charge is 2.24. The van der Waals surface area contributed by atoms with E-state index in [4.69, 9.17) is 17.2 Å². The number of benzene rings is 1. The van der Waals surface area contributed by atoms with Crippen LogP contribution >= 0.6 is 0 Å². The van der Waals surface area contributed by atoms with Crippen LogP contribution in [0.5, 0.6) is 0 Å². The van der Waals surface area contributed by atoms with E-state index in [1.165, 1.54) is 0 Å². The van der Waals surface area contributed by atoms with Crippen molar-refractivity contribution in [2.45, 2.75) is 31.3 Å². The SMILES string of the molecule is NC(N)=NCCC[C@@H](N)C(=O)N[C@H](Cc1cc2ccccc2[nH]1)C(=O)O. The Hall–Kier alpha value is -3.07. The third-order valence-electron chi connectivity index (χ3n) is 3.93. The first kappa shape index (κ1) is 19.3. The molecule has 0 saturated heterocycles. The number of H-pyrrole nitrogens is 1. The summed E-state index contributed by atoms with van der Waals surface area (Å²) in [6.45, 7) is 0.362. The molecule has 1 heterocycles. The fraction of sp³-hybridized carbons (Fsp3) is 0.353. The molecule has 9 heteroatoms. The average Bonchev–Trinajstić information content (AvgIpc) is 2.99. The van der Waals surface area contributed by atoms with Crippen molar-refractivity contribution in [1.82, 2.24) is 10.3 Å². The van der Waals surface area contributed by atoms with E-state index < -0.39 is 24.0 Å². The molecule has 0 bridgehead atoms. The molecule has 140 valence electrons. The molecule has 0 aliphatic rings. The van der Waals surface area contributed by atoms with Gasteiger partial charge in [-0.05, 0) is 30.4 Å². The summed E-state index contributed by atoms with van der Waals surface area (Å²) in [6.07, 6.45) is 1.00. The Balaban J connectivity index is 1.93. The largest absolute Gasteiger partial charge is 0.480 e. The van der Waals surface area contributed by atoms with Crippen molar-refractivity contribution in [2.24, 2.45) is 22.2 Å². The number of carbonyl (C=O) groups is 2. The number of guanidine groups is 1. The van der Waals surface area contributed by atoms with Gasteiger partial charge in [-0.25, -0.2) is 4.79 Å². The Bertz CT molecular complexity index is 764. The number of amides is 1. The highest BCUT2D eigenvalue weighted by Crippen LogP contribution is 2.16. The van der Waals surface area contributed by atoms with E-state index in [2.05, 4.69) is 15.3 Å². The van der Waals surface area contributed by atoms with Crippen LogP contribution in [0.2, 0.25) is 0 Å². The fourth-order valence-electron chi connectivity index (χ4n) is 2.59. The number of carboxylic acids is 1. The van der Waals surface area contributed by atoms with Gasteiger partial charge >= 0.3 is 5.97 Å². The normalized spacial score (nSPS) is 13.1. The van der Waals surface area contributed by atoms with E-state index in [0.29, 0.717) is 19.4 Å². The summed E-state index contributed by atoms with van der Waals surface area (Å²) in [5.74, 6) is -1.66.